The van der Waals surface area contributed by atoms with E-state index in [1.54, 1.807) is 0 Å². The molecule has 0 bridgehead atoms. The van der Waals surface area contributed by atoms with E-state index in [-0.39, 0.29) is 6.03 Å². The molecule has 0 unspecified atom stereocenters. The van der Waals surface area contributed by atoms with Gasteiger partial charge in [-0.15, -0.1) is 0 Å². The zero-order valence-corrected chi connectivity index (χ0v) is 11.4. The Kier molecular flexibility index (Phi) is 3.87. The molecule has 1 aliphatic heterocycles. The van der Waals surface area contributed by atoms with Gasteiger partial charge in [0.05, 0.1) is 0 Å². The minimum atomic E-state index is 0.0144. The highest BCUT2D eigenvalue weighted by Crippen LogP contribution is 2.20. The lowest BCUT2D eigenvalue weighted by Gasteiger charge is -2.32. The first-order valence-electron chi connectivity index (χ1n) is 6.38. The van der Waals surface area contributed by atoms with E-state index in [0.717, 1.165) is 43.0 Å². The molecule has 18 heavy (non-hydrogen) atoms. The van der Waals surface area contributed by atoms with Crippen LogP contribution in [0.5, 0.6) is 0 Å². The summed E-state index contributed by atoms with van der Waals surface area (Å²) in [7, 11) is 2.08. The van der Waals surface area contributed by atoms with E-state index in [4.69, 9.17) is 0 Å². The Bertz CT molecular complexity index is 416. The molecule has 98 valence electrons. The standard InChI is InChI=1S/C14H21N3O/c1-11-5-4-6-12(2)13(11)15-14(18)17-9-7-16(3)8-10-17/h4-6H,7-10H2,1-3H3,(H,15,18). The Hall–Kier alpha value is -1.55. The van der Waals surface area contributed by atoms with E-state index in [2.05, 4.69) is 17.3 Å². The number of hydrogen-bond acceptors (Lipinski definition) is 2. The van der Waals surface area contributed by atoms with Gasteiger partial charge >= 0.3 is 6.03 Å². The van der Waals surface area contributed by atoms with Crippen molar-refractivity contribution in [3.05, 3.63) is 29.3 Å². The summed E-state index contributed by atoms with van der Waals surface area (Å²) in [6.45, 7) is 7.53. The van der Waals surface area contributed by atoms with E-state index in [1.807, 2.05) is 36.9 Å². The maximum absolute atomic E-state index is 12.2. The number of urea groups is 1. The van der Waals surface area contributed by atoms with Gasteiger partial charge in [-0.3, -0.25) is 0 Å². The first-order valence-corrected chi connectivity index (χ1v) is 6.38. The van der Waals surface area contributed by atoms with Gasteiger partial charge in [0, 0.05) is 31.9 Å². The number of rotatable bonds is 1. The van der Waals surface area contributed by atoms with Gasteiger partial charge in [-0.05, 0) is 32.0 Å². The van der Waals surface area contributed by atoms with Crippen molar-refractivity contribution in [1.82, 2.24) is 9.80 Å². The number of benzene rings is 1. The number of nitrogens with one attached hydrogen (secondary N) is 1. The lowest BCUT2D eigenvalue weighted by molar-refractivity contribution is 0.164. The number of amides is 2. The van der Waals surface area contributed by atoms with Crippen molar-refractivity contribution in [2.24, 2.45) is 0 Å². The van der Waals surface area contributed by atoms with Crippen LogP contribution < -0.4 is 5.32 Å². The van der Waals surface area contributed by atoms with E-state index in [9.17, 15) is 4.79 Å². The van der Waals surface area contributed by atoms with Gasteiger partial charge in [0.1, 0.15) is 0 Å². The first-order chi connectivity index (χ1) is 8.58. The number of piperazine rings is 1. The molecule has 1 fully saturated rings. The molecule has 1 aromatic carbocycles. The summed E-state index contributed by atoms with van der Waals surface area (Å²) in [6.07, 6.45) is 0. The normalized spacial score (nSPS) is 16.7. The summed E-state index contributed by atoms with van der Waals surface area (Å²) >= 11 is 0. The van der Waals surface area contributed by atoms with Crippen molar-refractivity contribution in [2.45, 2.75) is 13.8 Å². The molecule has 0 aliphatic carbocycles. The summed E-state index contributed by atoms with van der Waals surface area (Å²) in [4.78, 5) is 16.3. The molecule has 1 heterocycles. The Morgan fingerprint density at radius 2 is 1.67 bits per heavy atom. The van der Waals surface area contributed by atoms with Crippen LogP contribution in [0.15, 0.2) is 18.2 Å². The van der Waals surface area contributed by atoms with Crippen molar-refractivity contribution in [3.63, 3.8) is 0 Å². The van der Waals surface area contributed by atoms with Crippen LogP contribution in [-0.4, -0.2) is 49.1 Å². The van der Waals surface area contributed by atoms with Crippen LogP contribution >= 0.6 is 0 Å². The number of nitrogens with zero attached hydrogens (tertiary/aromatic N) is 2. The second kappa shape index (κ2) is 5.40. The number of likely N-dealkylation sites (N-methyl/N-ethyl adjacent to an activating group) is 1. The molecule has 1 N–H and O–H groups in total. The summed E-state index contributed by atoms with van der Waals surface area (Å²) < 4.78 is 0. The second-order valence-corrected chi connectivity index (χ2v) is 4.99. The number of para-hydroxylation sites is 1. The highest BCUT2D eigenvalue weighted by molar-refractivity contribution is 5.91. The predicted molar refractivity (Wildman–Crippen MR) is 74.0 cm³/mol. The molecular formula is C14H21N3O. The average molecular weight is 247 g/mol. The Balaban J connectivity index is 2.03. The monoisotopic (exact) mass is 247 g/mol. The molecule has 1 aromatic rings. The highest BCUT2D eigenvalue weighted by atomic mass is 16.2. The SMILES string of the molecule is Cc1cccc(C)c1NC(=O)N1CCN(C)CC1. The third kappa shape index (κ3) is 2.82. The van der Waals surface area contributed by atoms with Gasteiger partial charge in [-0.1, -0.05) is 18.2 Å². The molecule has 0 atom stereocenters. The third-order valence-corrected chi connectivity index (χ3v) is 3.50. The summed E-state index contributed by atoms with van der Waals surface area (Å²) in [5.41, 5.74) is 3.16. The fourth-order valence-electron chi connectivity index (χ4n) is 2.21. The predicted octanol–water partition coefficient (Wildman–Crippen LogP) is 2.08. The molecule has 0 spiro atoms. The van der Waals surface area contributed by atoms with Crippen LogP contribution in [0.1, 0.15) is 11.1 Å². The summed E-state index contributed by atoms with van der Waals surface area (Å²) in [5, 5.41) is 3.03. The van der Waals surface area contributed by atoms with Crippen LogP contribution in [0.4, 0.5) is 10.5 Å². The largest absolute Gasteiger partial charge is 0.322 e. The third-order valence-electron chi connectivity index (χ3n) is 3.50. The van der Waals surface area contributed by atoms with Crippen molar-refractivity contribution >= 4 is 11.7 Å². The molecule has 4 nitrogen and oxygen atoms in total. The molecule has 0 radical (unpaired) electrons. The number of hydrogen-bond donors (Lipinski definition) is 1. The van der Waals surface area contributed by atoms with Crippen LogP contribution in [0.2, 0.25) is 0 Å². The zero-order chi connectivity index (χ0) is 13.1. The minimum Gasteiger partial charge on any atom is -0.322 e. The number of carbonyl (C=O) groups is 1. The molecule has 1 saturated heterocycles. The Morgan fingerprint density at radius 1 is 1.11 bits per heavy atom. The Morgan fingerprint density at radius 3 is 2.22 bits per heavy atom. The van der Waals surface area contributed by atoms with Crippen molar-refractivity contribution in [3.8, 4) is 0 Å². The quantitative estimate of drug-likeness (QED) is 0.824. The summed E-state index contributed by atoms with van der Waals surface area (Å²) in [6, 6.07) is 6.07. The fraction of sp³-hybridized carbons (Fsp3) is 0.500. The fourth-order valence-corrected chi connectivity index (χ4v) is 2.21. The van der Waals surface area contributed by atoms with Crippen LogP contribution in [0.25, 0.3) is 0 Å². The molecule has 4 heteroatoms. The molecule has 0 aromatic heterocycles. The number of anilines is 1. The smallest absolute Gasteiger partial charge is 0.321 e. The Labute approximate surface area is 109 Å². The minimum absolute atomic E-state index is 0.0144. The van der Waals surface area contributed by atoms with Gasteiger partial charge < -0.3 is 15.1 Å². The van der Waals surface area contributed by atoms with Gasteiger partial charge in [-0.2, -0.15) is 0 Å². The lowest BCUT2D eigenvalue weighted by Crippen LogP contribution is -2.48. The zero-order valence-electron chi connectivity index (χ0n) is 11.4. The van der Waals surface area contributed by atoms with Crippen LogP contribution in [-0.2, 0) is 0 Å². The summed E-state index contributed by atoms with van der Waals surface area (Å²) in [5.74, 6) is 0. The van der Waals surface area contributed by atoms with E-state index < -0.39 is 0 Å². The van der Waals surface area contributed by atoms with Crippen LogP contribution in [0, 0.1) is 13.8 Å². The van der Waals surface area contributed by atoms with E-state index in [1.165, 1.54) is 0 Å². The highest BCUT2D eigenvalue weighted by Gasteiger charge is 2.19. The van der Waals surface area contributed by atoms with E-state index in [0.29, 0.717) is 0 Å². The van der Waals surface area contributed by atoms with Gasteiger partial charge in [0.25, 0.3) is 0 Å². The topological polar surface area (TPSA) is 35.6 Å². The maximum atomic E-state index is 12.2. The molecule has 2 rings (SSSR count). The van der Waals surface area contributed by atoms with E-state index >= 15 is 0 Å². The molecule has 2 amide bonds. The van der Waals surface area contributed by atoms with Gasteiger partial charge in [0.2, 0.25) is 0 Å². The molecular weight excluding hydrogens is 226 g/mol. The maximum Gasteiger partial charge on any atom is 0.321 e. The van der Waals surface area contributed by atoms with Crippen molar-refractivity contribution in [2.75, 3.05) is 38.5 Å². The van der Waals surface area contributed by atoms with Crippen LogP contribution in [0.3, 0.4) is 0 Å². The number of aryl methyl sites for hydroxylation is 2. The first kappa shape index (κ1) is 12.9. The van der Waals surface area contributed by atoms with Crippen molar-refractivity contribution < 1.29 is 4.79 Å². The average Bonchev–Trinajstić information content (AvgIpc) is 2.34. The molecule has 1 aliphatic rings. The van der Waals surface area contributed by atoms with Gasteiger partial charge in [0.15, 0.2) is 0 Å². The lowest BCUT2D eigenvalue weighted by atomic mass is 10.1. The van der Waals surface area contributed by atoms with Crippen molar-refractivity contribution in [1.29, 1.82) is 0 Å². The second-order valence-electron chi connectivity index (χ2n) is 4.99. The molecule has 0 saturated carbocycles. The van der Waals surface area contributed by atoms with Gasteiger partial charge in [-0.25, -0.2) is 4.79 Å². The number of carbonyl (C=O) groups excluding carboxylic acids is 1.